The maximum absolute atomic E-state index is 13.1. The molecule has 2 aliphatic carbocycles. The fourth-order valence-corrected chi connectivity index (χ4v) is 6.00. The van der Waals surface area contributed by atoms with Crippen LogP contribution >= 0.6 is 22.9 Å². The highest BCUT2D eigenvalue weighted by molar-refractivity contribution is 7.15. The van der Waals surface area contributed by atoms with Gasteiger partial charge in [0.15, 0.2) is 0 Å². The number of ether oxygens (including phenoxy) is 1. The molecule has 1 heterocycles. The Morgan fingerprint density at radius 2 is 1.83 bits per heavy atom. The predicted octanol–water partition coefficient (Wildman–Crippen LogP) is 4.93. The van der Waals surface area contributed by atoms with Crippen molar-refractivity contribution in [2.45, 2.75) is 26.2 Å². The number of carbonyl (C=O) groups excluding carboxylic acids is 2. The van der Waals surface area contributed by atoms with E-state index in [2.05, 4.69) is 5.32 Å². The second-order valence-electron chi connectivity index (χ2n) is 7.79. The molecule has 1 aromatic carbocycles. The minimum Gasteiger partial charge on any atom is -0.481 e. The van der Waals surface area contributed by atoms with Gasteiger partial charge in [0.25, 0.3) is 0 Å². The van der Waals surface area contributed by atoms with Crippen LogP contribution in [0.25, 0.3) is 11.1 Å². The number of rotatable bonds is 6. The Morgan fingerprint density at radius 3 is 2.47 bits per heavy atom. The smallest absolute Gasteiger partial charge is 0.341 e. The molecule has 4 atom stereocenters. The molecule has 2 bridgehead atoms. The van der Waals surface area contributed by atoms with Crippen molar-refractivity contribution < 1.29 is 24.2 Å². The lowest BCUT2D eigenvalue weighted by atomic mass is 9.79. The van der Waals surface area contributed by atoms with E-state index in [9.17, 15) is 19.5 Å². The number of benzene rings is 1. The van der Waals surface area contributed by atoms with Crippen molar-refractivity contribution in [3.8, 4) is 11.1 Å². The fourth-order valence-electron chi connectivity index (χ4n) is 4.92. The highest BCUT2D eigenvalue weighted by Gasteiger charge is 2.54. The summed E-state index contributed by atoms with van der Waals surface area (Å²) < 4.78 is 5.22. The zero-order valence-corrected chi connectivity index (χ0v) is 18.0. The number of esters is 1. The SMILES string of the molecule is CCOC(=O)c1c(-c2ccc(Cl)cc2)csc1NC(=O)[C@H]1[C@@H]2CC[C@@H](C2)[C@@H]1C(=O)O. The number of halogens is 1. The molecule has 8 heteroatoms. The van der Waals surface area contributed by atoms with E-state index in [0.717, 1.165) is 24.8 Å². The first-order valence-electron chi connectivity index (χ1n) is 9.99. The van der Waals surface area contributed by atoms with Gasteiger partial charge in [0.05, 0.1) is 18.4 Å². The summed E-state index contributed by atoms with van der Waals surface area (Å²) in [6, 6.07) is 7.06. The molecule has 6 nitrogen and oxygen atoms in total. The number of carbonyl (C=O) groups is 3. The highest BCUT2D eigenvalue weighted by Crippen LogP contribution is 2.53. The monoisotopic (exact) mass is 447 g/mol. The number of carboxylic acids is 1. The Morgan fingerprint density at radius 1 is 1.17 bits per heavy atom. The van der Waals surface area contributed by atoms with Gasteiger partial charge in [-0.3, -0.25) is 9.59 Å². The van der Waals surface area contributed by atoms with Crippen molar-refractivity contribution in [1.82, 2.24) is 0 Å². The number of hydrogen-bond donors (Lipinski definition) is 2. The Bertz CT molecular complexity index is 986. The molecule has 2 aliphatic rings. The lowest BCUT2D eigenvalue weighted by Crippen LogP contribution is -2.37. The first kappa shape index (κ1) is 20.9. The Balaban J connectivity index is 1.65. The standard InChI is InChI=1S/C22H22ClNO5S/c1-2-29-22(28)18-15(11-5-7-14(23)8-6-11)10-30-20(18)24-19(25)16-12-3-4-13(9-12)17(16)21(26)27/h5-8,10,12-13,16-17H,2-4,9H2,1H3,(H,24,25)(H,26,27)/t12-,13+,16+,17+/m1/s1. The van der Waals surface area contributed by atoms with Gasteiger partial charge < -0.3 is 15.2 Å². The minimum atomic E-state index is -0.916. The van der Waals surface area contributed by atoms with Gasteiger partial charge in [-0.15, -0.1) is 11.3 Å². The van der Waals surface area contributed by atoms with Gasteiger partial charge in [-0.1, -0.05) is 23.7 Å². The summed E-state index contributed by atoms with van der Waals surface area (Å²) in [5.41, 5.74) is 1.71. The van der Waals surface area contributed by atoms with Gasteiger partial charge in [-0.2, -0.15) is 0 Å². The molecule has 2 N–H and O–H groups in total. The predicted molar refractivity (Wildman–Crippen MR) is 115 cm³/mol. The van der Waals surface area contributed by atoms with Gasteiger partial charge in [0.2, 0.25) is 5.91 Å². The minimum absolute atomic E-state index is 0.0562. The molecule has 2 aromatic rings. The van der Waals surface area contributed by atoms with E-state index in [0.29, 0.717) is 15.6 Å². The average Bonchev–Trinajstić information content (AvgIpc) is 3.42. The molecule has 2 saturated carbocycles. The zero-order valence-electron chi connectivity index (χ0n) is 16.4. The molecule has 0 unspecified atom stereocenters. The summed E-state index contributed by atoms with van der Waals surface area (Å²) in [4.78, 5) is 37.6. The van der Waals surface area contributed by atoms with Gasteiger partial charge in [0.1, 0.15) is 10.6 Å². The number of fused-ring (bicyclic) bond motifs is 2. The van der Waals surface area contributed by atoms with E-state index in [1.54, 1.807) is 36.6 Å². The normalized spacial score (nSPS) is 24.6. The van der Waals surface area contributed by atoms with E-state index in [4.69, 9.17) is 16.3 Å². The lowest BCUT2D eigenvalue weighted by Gasteiger charge is -2.26. The van der Waals surface area contributed by atoms with E-state index in [-0.39, 0.29) is 29.9 Å². The van der Waals surface area contributed by atoms with E-state index < -0.39 is 23.8 Å². The van der Waals surface area contributed by atoms with Crippen molar-refractivity contribution in [2.24, 2.45) is 23.7 Å². The third-order valence-electron chi connectivity index (χ3n) is 6.17. The van der Waals surface area contributed by atoms with Crippen LogP contribution in [0.1, 0.15) is 36.5 Å². The summed E-state index contributed by atoms with van der Waals surface area (Å²) >= 11 is 7.21. The molecule has 0 aliphatic heterocycles. The van der Waals surface area contributed by atoms with Gasteiger partial charge in [-0.25, -0.2) is 4.79 Å². The molecule has 2 fully saturated rings. The van der Waals surface area contributed by atoms with Crippen LogP contribution in [-0.4, -0.2) is 29.6 Å². The van der Waals surface area contributed by atoms with Gasteiger partial charge >= 0.3 is 11.9 Å². The number of anilines is 1. The van der Waals surface area contributed by atoms with Crippen molar-refractivity contribution >= 4 is 45.8 Å². The topological polar surface area (TPSA) is 92.7 Å². The van der Waals surface area contributed by atoms with Gasteiger partial charge in [-0.05, 0) is 55.7 Å². The third kappa shape index (κ3) is 3.72. The van der Waals surface area contributed by atoms with E-state index >= 15 is 0 Å². The quantitative estimate of drug-likeness (QED) is 0.612. The highest BCUT2D eigenvalue weighted by atomic mass is 35.5. The Labute approximate surface area is 183 Å². The van der Waals surface area contributed by atoms with Crippen LogP contribution in [0.4, 0.5) is 5.00 Å². The summed E-state index contributed by atoms with van der Waals surface area (Å²) in [6.07, 6.45) is 2.51. The molecule has 0 spiro atoms. The summed E-state index contributed by atoms with van der Waals surface area (Å²) in [7, 11) is 0. The molecule has 0 radical (unpaired) electrons. The maximum atomic E-state index is 13.1. The molecule has 1 amide bonds. The van der Waals surface area contributed by atoms with Gasteiger partial charge in [0, 0.05) is 16.0 Å². The summed E-state index contributed by atoms with van der Waals surface area (Å²) in [5.74, 6) is -2.87. The van der Waals surface area contributed by atoms with Crippen molar-refractivity contribution in [2.75, 3.05) is 11.9 Å². The number of carboxylic acid groups (broad SMARTS) is 1. The number of hydrogen-bond acceptors (Lipinski definition) is 5. The van der Waals surface area contributed by atoms with Crippen LogP contribution in [0.2, 0.25) is 5.02 Å². The zero-order chi connectivity index (χ0) is 21.4. The number of aliphatic carboxylic acids is 1. The van der Waals surface area contributed by atoms with Crippen LogP contribution in [0, 0.1) is 23.7 Å². The third-order valence-corrected chi connectivity index (χ3v) is 7.31. The van der Waals surface area contributed by atoms with Crippen molar-refractivity contribution in [1.29, 1.82) is 0 Å². The first-order chi connectivity index (χ1) is 14.4. The maximum Gasteiger partial charge on any atom is 0.341 e. The number of amides is 1. The van der Waals surface area contributed by atoms with E-state index in [1.807, 2.05) is 0 Å². The summed E-state index contributed by atoms with van der Waals surface area (Å²) in [6.45, 7) is 1.92. The van der Waals surface area contributed by atoms with Crippen molar-refractivity contribution in [3.63, 3.8) is 0 Å². The Kier molecular flexibility index (Phi) is 5.84. The molecular formula is C22H22ClNO5S. The van der Waals surface area contributed by atoms with Crippen LogP contribution in [-0.2, 0) is 14.3 Å². The Hall–Kier alpha value is -2.38. The molecule has 30 heavy (non-hydrogen) atoms. The van der Waals surface area contributed by atoms with E-state index in [1.165, 1.54) is 11.3 Å². The van der Waals surface area contributed by atoms with Crippen molar-refractivity contribution in [3.05, 3.63) is 40.2 Å². The molecular weight excluding hydrogens is 426 g/mol. The van der Waals surface area contributed by atoms with Crippen LogP contribution in [0.5, 0.6) is 0 Å². The number of nitrogens with one attached hydrogen (secondary N) is 1. The van der Waals surface area contributed by atoms with Crippen LogP contribution in [0.3, 0.4) is 0 Å². The van der Waals surface area contributed by atoms with Crippen LogP contribution < -0.4 is 5.32 Å². The molecule has 1 aromatic heterocycles. The fraction of sp³-hybridized carbons (Fsp3) is 0.409. The number of thiophene rings is 1. The average molecular weight is 448 g/mol. The largest absolute Gasteiger partial charge is 0.481 e. The summed E-state index contributed by atoms with van der Waals surface area (Å²) in [5, 5.41) is 15.3. The molecule has 158 valence electrons. The second kappa shape index (κ2) is 8.40. The molecule has 0 saturated heterocycles. The van der Waals surface area contributed by atoms with Crippen LogP contribution in [0.15, 0.2) is 29.6 Å². The first-order valence-corrected chi connectivity index (χ1v) is 11.2. The lowest BCUT2D eigenvalue weighted by molar-refractivity contribution is -0.148. The molecule has 4 rings (SSSR count). The second-order valence-corrected chi connectivity index (χ2v) is 9.11.